The Morgan fingerprint density at radius 3 is 2.71 bits per heavy atom. The van der Waals surface area contributed by atoms with Gasteiger partial charge in [-0.3, -0.25) is 4.55 Å². The molecular weight excluding hydrogens is 198 g/mol. The minimum atomic E-state index is -1.84. The highest BCUT2D eigenvalue weighted by molar-refractivity contribution is 7.76. The van der Waals surface area contributed by atoms with Crippen molar-refractivity contribution in [3.05, 3.63) is 35.9 Å². The zero-order valence-electron chi connectivity index (χ0n) is 7.80. The average molecular weight is 211 g/mol. The fourth-order valence-electron chi connectivity index (χ4n) is 1.94. The number of nitrogens with zero attached hydrogens (tertiary/aromatic N) is 1. The molecule has 1 unspecified atom stereocenters. The Bertz CT molecular complexity index is 328. The van der Waals surface area contributed by atoms with Crippen molar-refractivity contribution in [2.75, 3.05) is 6.54 Å². The standard InChI is InChI=1S/C10H13NO2S/c12-14(13)11-8-4-7-10(11)9-5-2-1-3-6-9/h1-3,5-6,10H,4,7-8H2,(H,12,13)/t10-/m1/s1. The zero-order valence-corrected chi connectivity index (χ0v) is 8.61. The summed E-state index contributed by atoms with van der Waals surface area (Å²) < 4.78 is 21.7. The molecule has 4 heteroatoms. The molecule has 1 fully saturated rings. The summed E-state index contributed by atoms with van der Waals surface area (Å²) in [4.78, 5) is 0. The number of benzene rings is 1. The first kappa shape index (κ1) is 9.83. The van der Waals surface area contributed by atoms with Crippen molar-refractivity contribution in [2.24, 2.45) is 0 Å². The van der Waals surface area contributed by atoms with Crippen molar-refractivity contribution in [1.82, 2.24) is 4.31 Å². The molecular formula is C10H13NO2S. The third-order valence-corrected chi connectivity index (χ3v) is 3.43. The van der Waals surface area contributed by atoms with Gasteiger partial charge in [0.05, 0.1) is 0 Å². The van der Waals surface area contributed by atoms with Gasteiger partial charge in [-0.05, 0) is 18.4 Å². The largest absolute Gasteiger partial charge is 0.294 e. The van der Waals surface area contributed by atoms with Gasteiger partial charge in [-0.15, -0.1) is 0 Å². The molecule has 0 aromatic heterocycles. The molecule has 1 aromatic rings. The fraction of sp³-hybridized carbons (Fsp3) is 0.400. The Morgan fingerprint density at radius 2 is 2.07 bits per heavy atom. The summed E-state index contributed by atoms with van der Waals surface area (Å²) in [5.41, 5.74) is 1.13. The fourth-order valence-corrected chi connectivity index (χ4v) is 2.67. The van der Waals surface area contributed by atoms with E-state index in [1.165, 1.54) is 0 Å². The van der Waals surface area contributed by atoms with E-state index in [1.54, 1.807) is 4.31 Å². The maximum Gasteiger partial charge on any atom is 0.235 e. The highest BCUT2D eigenvalue weighted by atomic mass is 32.2. The third kappa shape index (κ3) is 1.87. The molecule has 0 amide bonds. The van der Waals surface area contributed by atoms with Gasteiger partial charge >= 0.3 is 0 Å². The van der Waals surface area contributed by atoms with Gasteiger partial charge in [0.25, 0.3) is 0 Å². The Hall–Kier alpha value is -0.710. The smallest absolute Gasteiger partial charge is 0.235 e. The lowest BCUT2D eigenvalue weighted by molar-refractivity contribution is 0.383. The second kappa shape index (κ2) is 4.21. The maximum atomic E-state index is 11.0. The molecule has 3 nitrogen and oxygen atoms in total. The normalized spacial score (nSPS) is 25.1. The van der Waals surface area contributed by atoms with Crippen LogP contribution in [0, 0.1) is 0 Å². The number of hydrogen-bond acceptors (Lipinski definition) is 1. The molecule has 1 heterocycles. The molecule has 1 saturated heterocycles. The summed E-state index contributed by atoms with van der Waals surface area (Å²) in [5.74, 6) is 0. The first-order chi connectivity index (χ1) is 6.79. The van der Waals surface area contributed by atoms with Crippen molar-refractivity contribution in [3.8, 4) is 0 Å². The van der Waals surface area contributed by atoms with Crippen LogP contribution in [0.2, 0.25) is 0 Å². The molecule has 0 aliphatic carbocycles. The molecule has 14 heavy (non-hydrogen) atoms. The number of rotatable bonds is 2. The van der Waals surface area contributed by atoms with Crippen LogP contribution in [-0.2, 0) is 11.3 Å². The van der Waals surface area contributed by atoms with Crippen LogP contribution in [0.4, 0.5) is 0 Å². The lowest BCUT2D eigenvalue weighted by Crippen LogP contribution is -2.24. The van der Waals surface area contributed by atoms with E-state index in [0.717, 1.165) is 18.4 Å². The predicted molar refractivity (Wildman–Crippen MR) is 55.9 cm³/mol. The monoisotopic (exact) mass is 211 g/mol. The van der Waals surface area contributed by atoms with Crippen LogP contribution in [0.5, 0.6) is 0 Å². The summed E-state index contributed by atoms with van der Waals surface area (Å²) in [7, 11) is 0. The van der Waals surface area contributed by atoms with E-state index in [4.69, 9.17) is 4.55 Å². The summed E-state index contributed by atoms with van der Waals surface area (Å²) in [6.07, 6.45) is 1.96. The van der Waals surface area contributed by atoms with Crippen LogP contribution in [0.1, 0.15) is 24.4 Å². The first-order valence-electron chi connectivity index (χ1n) is 4.71. The van der Waals surface area contributed by atoms with Gasteiger partial charge in [-0.2, -0.15) is 4.31 Å². The minimum absolute atomic E-state index is 0.113. The molecule has 0 radical (unpaired) electrons. The highest BCUT2D eigenvalue weighted by Crippen LogP contribution is 2.32. The van der Waals surface area contributed by atoms with Gasteiger partial charge in [0, 0.05) is 12.6 Å². The Balaban J connectivity index is 2.22. The van der Waals surface area contributed by atoms with Crippen molar-refractivity contribution < 1.29 is 8.76 Å². The van der Waals surface area contributed by atoms with Gasteiger partial charge in [0.1, 0.15) is 0 Å². The van der Waals surface area contributed by atoms with E-state index in [2.05, 4.69) is 0 Å². The molecule has 1 N–H and O–H groups in total. The van der Waals surface area contributed by atoms with Crippen LogP contribution in [0.25, 0.3) is 0 Å². The summed E-state index contributed by atoms with van der Waals surface area (Å²) in [5, 5.41) is 0. The topological polar surface area (TPSA) is 40.5 Å². The van der Waals surface area contributed by atoms with Crippen LogP contribution in [-0.4, -0.2) is 19.6 Å². The average Bonchev–Trinajstić information content (AvgIpc) is 2.67. The second-order valence-electron chi connectivity index (χ2n) is 3.44. The van der Waals surface area contributed by atoms with Crippen LogP contribution in [0.15, 0.2) is 30.3 Å². The van der Waals surface area contributed by atoms with E-state index in [1.807, 2.05) is 30.3 Å². The molecule has 0 bridgehead atoms. The summed E-state index contributed by atoms with van der Waals surface area (Å²) >= 11 is -1.84. The Labute approximate surface area is 86.2 Å². The SMILES string of the molecule is O=S(O)N1CCC[C@@H]1c1ccccc1. The Kier molecular flexibility index (Phi) is 2.96. The Morgan fingerprint density at radius 1 is 1.36 bits per heavy atom. The van der Waals surface area contributed by atoms with Gasteiger partial charge in [0.2, 0.25) is 11.3 Å². The third-order valence-electron chi connectivity index (χ3n) is 2.59. The second-order valence-corrected chi connectivity index (χ2v) is 4.37. The molecule has 2 atom stereocenters. The maximum absolute atomic E-state index is 11.0. The number of hydrogen-bond donors (Lipinski definition) is 1. The van der Waals surface area contributed by atoms with Crippen molar-refractivity contribution >= 4 is 11.3 Å². The molecule has 0 saturated carbocycles. The van der Waals surface area contributed by atoms with Gasteiger partial charge in [0.15, 0.2) is 0 Å². The van der Waals surface area contributed by atoms with Crippen LogP contribution in [0.3, 0.4) is 0 Å². The van der Waals surface area contributed by atoms with E-state index >= 15 is 0 Å². The summed E-state index contributed by atoms with van der Waals surface area (Å²) in [6.45, 7) is 0.711. The van der Waals surface area contributed by atoms with Gasteiger partial charge in [-0.25, -0.2) is 4.21 Å². The van der Waals surface area contributed by atoms with Crippen molar-refractivity contribution in [3.63, 3.8) is 0 Å². The van der Waals surface area contributed by atoms with E-state index in [-0.39, 0.29) is 6.04 Å². The van der Waals surface area contributed by atoms with Gasteiger partial charge < -0.3 is 0 Å². The van der Waals surface area contributed by atoms with Crippen LogP contribution >= 0.6 is 0 Å². The van der Waals surface area contributed by atoms with Gasteiger partial charge in [-0.1, -0.05) is 30.3 Å². The molecule has 1 aliphatic rings. The van der Waals surface area contributed by atoms with Crippen molar-refractivity contribution in [1.29, 1.82) is 0 Å². The highest BCUT2D eigenvalue weighted by Gasteiger charge is 2.29. The van der Waals surface area contributed by atoms with E-state index in [0.29, 0.717) is 6.54 Å². The lowest BCUT2D eigenvalue weighted by atomic mass is 10.1. The quantitative estimate of drug-likeness (QED) is 0.760. The molecule has 1 aromatic carbocycles. The first-order valence-corrected chi connectivity index (χ1v) is 5.78. The van der Waals surface area contributed by atoms with Crippen molar-refractivity contribution in [2.45, 2.75) is 18.9 Å². The van der Waals surface area contributed by atoms with E-state index < -0.39 is 11.3 Å². The minimum Gasteiger partial charge on any atom is -0.294 e. The summed E-state index contributed by atoms with van der Waals surface area (Å²) in [6, 6.07) is 10.0. The predicted octanol–water partition coefficient (Wildman–Crippen LogP) is 1.96. The lowest BCUT2D eigenvalue weighted by Gasteiger charge is -2.19. The molecule has 76 valence electrons. The van der Waals surface area contributed by atoms with E-state index in [9.17, 15) is 4.21 Å². The molecule has 0 spiro atoms. The molecule has 1 aliphatic heterocycles. The molecule has 2 rings (SSSR count). The zero-order chi connectivity index (χ0) is 9.97. The van der Waals surface area contributed by atoms with Crippen LogP contribution < -0.4 is 0 Å².